The van der Waals surface area contributed by atoms with Crippen LogP contribution in [0.25, 0.3) is 45.6 Å². The molecule has 718 valence electrons. The van der Waals surface area contributed by atoms with Gasteiger partial charge >= 0.3 is 53.0 Å². The van der Waals surface area contributed by atoms with Gasteiger partial charge in [0.2, 0.25) is 11.6 Å². The molecule has 8 heterocycles. The van der Waals surface area contributed by atoms with E-state index in [1.165, 1.54) is 0 Å². The minimum atomic E-state index is -4.64. The van der Waals surface area contributed by atoms with E-state index in [0.717, 1.165) is 62.8 Å². The molecular formula is C84H124B4Br2F12N12O12Si4. The largest absolute Gasteiger partial charge is 0.494 e. The standard InChI is InChI=1S/2C21H31BF3N3O3Si.2C15H19BrF3N3OSi.C12H24B2O4/c1-19(2)20(3,4)31-22(30-19)16-10-8-15(9-11-16)17-26-18(21(23,24)25)27-28(17)14-29-12-13-32(5,6)7;1-19(2)20(3,4)31-22(30-19)16-10-8-15(9-11-16)17-26-18(21(23,24)25)28(27-17)14-29-12-13-32(5,6)7;1-24(2,3)9-8-23-10-22-13(11-4-6-12(16)7-5-11)20-14(21-22)15(17,18)19;1-24(2,3)9-8-23-10-22-14(15(17,18)19)20-13(21-22)11-4-6-12(16)7-5-11;1-9(2)10(3,4)16-13(15-9)14-17-11(5,6)12(7,8)18-14/h2*8-11H,12-14H2,1-7H3;2*4-7H,8-10H2,1-3H3;1-8H3. The molecule has 8 aromatic rings. The molecule has 4 saturated heterocycles. The summed E-state index contributed by atoms with van der Waals surface area (Å²) < 4.78 is 234. The second-order valence-electron chi connectivity index (χ2n) is 41.1. The number of ether oxygens (including phenoxy) is 4. The molecule has 0 amide bonds. The molecule has 0 N–H and O–H groups in total. The molecule has 0 atom stereocenters. The number of aromatic nitrogens is 12. The van der Waals surface area contributed by atoms with Crippen LogP contribution >= 0.6 is 31.9 Å². The molecule has 130 heavy (non-hydrogen) atoms. The molecule has 0 radical (unpaired) electrons. The van der Waals surface area contributed by atoms with Crippen LogP contribution in [0.5, 0.6) is 0 Å². The Bertz CT molecular complexity index is 4910. The number of hydrogen-bond donors (Lipinski definition) is 0. The lowest BCUT2D eigenvalue weighted by Gasteiger charge is -2.32. The van der Waals surface area contributed by atoms with Gasteiger partial charge < -0.3 is 56.2 Å². The van der Waals surface area contributed by atoms with Crippen molar-refractivity contribution in [1.29, 1.82) is 0 Å². The van der Waals surface area contributed by atoms with Crippen molar-refractivity contribution in [1.82, 2.24) is 59.1 Å². The average molecular weight is 2040 g/mol. The topological polar surface area (TPSA) is 234 Å². The zero-order valence-corrected chi connectivity index (χ0v) is 86.8. The van der Waals surface area contributed by atoms with E-state index in [1.807, 2.05) is 111 Å². The fourth-order valence-corrected chi connectivity index (χ4v) is 15.5. The summed E-state index contributed by atoms with van der Waals surface area (Å²) in [4.78, 5) is 14.8. The van der Waals surface area contributed by atoms with Gasteiger partial charge in [-0.25, -0.2) is 38.7 Å². The predicted molar refractivity (Wildman–Crippen MR) is 497 cm³/mol. The summed E-state index contributed by atoms with van der Waals surface area (Å²) >= 11 is 6.58. The number of nitrogens with zero attached hydrogens (tertiary/aromatic N) is 12. The monoisotopic (exact) mass is 2030 g/mol. The van der Waals surface area contributed by atoms with Crippen LogP contribution in [0.3, 0.4) is 0 Å². The second kappa shape index (κ2) is 41.6. The number of hydrogen-bond acceptors (Lipinski definition) is 20. The zero-order valence-electron chi connectivity index (χ0n) is 79.6. The lowest BCUT2D eigenvalue weighted by Crippen LogP contribution is -2.41. The third kappa shape index (κ3) is 30.6. The molecule has 0 unspecified atom stereocenters. The van der Waals surface area contributed by atoms with Gasteiger partial charge in [-0.1, -0.05) is 183 Å². The van der Waals surface area contributed by atoms with E-state index in [1.54, 1.807) is 97.1 Å². The molecule has 0 bridgehead atoms. The maximum atomic E-state index is 13.5. The minimum absolute atomic E-state index is 0.00779. The van der Waals surface area contributed by atoms with Gasteiger partial charge in [0.05, 0.1) is 44.8 Å². The Balaban J connectivity index is 0.000000203. The number of halogens is 14. The molecule has 4 aromatic heterocycles. The van der Waals surface area contributed by atoms with Gasteiger partial charge in [-0.15, -0.1) is 20.4 Å². The molecule has 12 rings (SSSR count). The van der Waals surface area contributed by atoms with Gasteiger partial charge in [0, 0.05) is 89.9 Å². The van der Waals surface area contributed by atoms with Crippen LogP contribution < -0.4 is 10.9 Å². The highest BCUT2D eigenvalue weighted by Crippen LogP contribution is 2.45. The maximum absolute atomic E-state index is 13.5. The van der Waals surface area contributed by atoms with Crippen molar-refractivity contribution in [3.05, 3.63) is 129 Å². The van der Waals surface area contributed by atoms with Gasteiger partial charge in [-0.3, -0.25) is 0 Å². The van der Waals surface area contributed by atoms with Crippen LogP contribution in [-0.2, 0) is 108 Å². The van der Waals surface area contributed by atoms with Crippen molar-refractivity contribution in [3.63, 3.8) is 0 Å². The molecule has 0 aliphatic carbocycles. The van der Waals surface area contributed by atoms with Crippen LogP contribution in [0.1, 0.15) is 134 Å². The minimum Gasteiger partial charge on any atom is -0.405 e. The Labute approximate surface area is 777 Å². The summed E-state index contributed by atoms with van der Waals surface area (Å²) in [6.07, 6.45) is -18.4. The zero-order chi connectivity index (χ0) is 97.8. The molecule has 0 saturated carbocycles. The Morgan fingerprint density at radius 1 is 0.300 bits per heavy atom. The highest BCUT2D eigenvalue weighted by molar-refractivity contribution is 9.10. The quantitative estimate of drug-likeness (QED) is 0.0264. The van der Waals surface area contributed by atoms with Crippen LogP contribution in [-0.4, -0.2) is 191 Å². The van der Waals surface area contributed by atoms with E-state index in [-0.39, 0.29) is 72.6 Å². The molecule has 0 spiro atoms. The normalized spacial score (nSPS) is 18.1. The van der Waals surface area contributed by atoms with E-state index < -0.39 is 131 Å². The van der Waals surface area contributed by atoms with Gasteiger partial charge in [0.15, 0.2) is 23.3 Å². The predicted octanol–water partition coefficient (Wildman–Crippen LogP) is 21.5. The highest BCUT2D eigenvalue weighted by atomic mass is 79.9. The number of rotatable bonds is 27. The summed E-state index contributed by atoms with van der Waals surface area (Å²) in [6, 6.07) is 31.0. The van der Waals surface area contributed by atoms with Gasteiger partial charge in [0.25, 0.3) is 11.6 Å². The lowest BCUT2D eigenvalue weighted by molar-refractivity contribution is -0.151. The Hall–Kier alpha value is -5.79. The van der Waals surface area contributed by atoms with Crippen LogP contribution in [0.15, 0.2) is 106 Å². The van der Waals surface area contributed by atoms with Gasteiger partial charge in [-0.2, -0.15) is 52.7 Å². The van der Waals surface area contributed by atoms with E-state index >= 15 is 0 Å². The first-order valence-corrected chi connectivity index (χ1v) is 59.1. The molecule has 4 aliphatic rings. The first kappa shape index (κ1) is 110. The molecule has 24 nitrogen and oxygen atoms in total. The smallest absolute Gasteiger partial charge is 0.405 e. The summed E-state index contributed by atoms with van der Waals surface area (Å²) in [5.41, 5.74) is 0.236. The van der Waals surface area contributed by atoms with Crippen LogP contribution in [0.4, 0.5) is 52.7 Å². The van der Waals surface area contributed by atoms with Gasteiger partial charge in [0.1, 0.15) is 26.9 Å². The van der Waals surface area contributed by atoms with Crippen LogP contribution in [0.2, 0.25) is 103 Å². The van der Waals surface area contributed by atoms with Crippen LogP contribution in [0, 0.1) is 0 Å². The molecule has 46 heteroatoms. The third-order valence-electron chi connectivity index (χ3n) is 22.9. The van der Waals surface area contributed by atoms with Crippen molar-refractivity contribution >= 4 is 103 Å². The molecular weight excluding hydrogens is 1910 g/mol. The fourth-order valence-electron chi connectivity index (χ4n) is 11.9. The summed E-state index contributed by atoms with van der Waals surface area (Å²) in [7, 11) is -7.26. The number of benzene rings is 4. The van der Waals surface area contributed by atoms with Crippen molar-refractivity contribution in [2.45, 2.75) is 310 Å². The SMILES string of the molecule is CC1(C)OB(B2OC(C)(C)C(C)(C)O2)OC1(C)C.CC1(C)OB(c2ccc(-c3nc(C(F)(F)F)n(COCC[Si](C)(C)C)n3)cc2)OC1(C)C.CC1(C)OB(c2ccc(-c3nc(C(F)(F)F)nn3COCC[Si](C)(C)C)cc2)OC1(C)C.C[Si](C)(C)CCOCn1nc(-c2ccc(Br)cc2)nc1C(F)(F)F.C[Si](C)(C)CCOCn1nc(C(F)(F)F)nc1-c1ccc(Br)cc1. The van der Waals surface area contributed by atoms with Crippen molar-refractivity contribution in [2.24, 2.45) is 0 Å². The Morgan fingerprint density at radius 2 is 0.523 bits per heavy atom. The summed E-state index contributed by atoms with van der Waals surface area (Å²) in [5, 5.41) is 15.2. The first-order valence-electron chi connectivity index (χ1n) is 42.7. The van der Waals surface area contributed by atoms with E-state index in [0.29, 0.717) is 48.7 Å². The first-order chi connectivity index (χ1) is 59.2. The summed E-state index contributed by atoms with van der Waals surface area (Å²) in [6.45, 7) is 59.3. The Kier molecular flexibility index (Phi) is 35.1. The van der Waals surface area contributed by atoms with E-state index in [9.17, 15) is 52.7 Å². The number of alkyl halides is 12. The average Bonchev–Trinajstić information content (AvgIpc) is 1.59. The maximum Gasteiger partial charge on any atom is 0.494 e. The van der Waals surface area contributed by atoms with E-state index in [4.69, 9.17) is 56.2 Å². The molecule has 4 aliphatic heterocycles. The third-order valence-corrected chi connectivity index (χ3v) is 30.8. The van der Waals surface area contributed by atoms with Gasteiger partial charge in [-0.05, 0) is 170 Å². The fraction of sp³-hybridized carbons (Fsp3) is 0.619. The van der Waals surface area contributed by atoms with Crippen molar-refractivity contribution in [3.8, 4) is 45.6 Å². The lowest BCUT2D eigenvalue weighted by atomic mass is 9.49. The molecule has 4 aromatic carbocycles. The van der Waals surface area contributed by atoms with E-state index in [2.05, 4.69) is 151 Å². The highest BCUT2D eigenvalue weighted by Gasteiger charge is 2.64. The van der Waals surface area contributed by atoms with Crippen molar-refractivity contribution in [2.75, 3.05) is 26.4 Å². The summed E-state index contributed by atoms with van der Waals surface area (Å²) in [5.74, 6) is -4.20. The van der Waals surface area contributed by atoms with Crippen molar-refractivity contribution < 1.29 is 109 Å². The Morgan fingerprint density at radius 3 is 0.762 bits per heavy atom. The molecule has 4 fully saturated rings. The second-order valence-corrected chi connectivity index (χ2v) is 65.4.